The summed E-state index contributed by atoms with van der Waals surface area (Å²) in [7, 11) is -4.49. The summed E-state index contributed by atoms with van der Waals surface area (Å²) in [5.41, 5.74) is 12.7. The molecular formula is C15H15N7O6S2. The fourth-order valence-corrected chi connectivity index (χ4v) is 3.20. The third-order valence-corrected chi connectivity index (χ3v) is 4.96. The highest BCUT2D eigenvalue weighted by Crippen LogP contribution is 2.32. The molecule has 3 aromatic rings. The van der Waals surface area contributed by atoms with Crippen LogP contribution in [0.2, 0.25) is 0 Å². The molecule has 2 aromatic carbocycles. The van der Waals surface area contributed by atoms with Crippen LogP contribution in [-0.4, -0.2) is 33.2 Å². The van der Waals surface area contributed by atoms with E-state index in [1.165, 1.54) is 6.07 Å². The Labute approximate surface area is 174 Å². The molecule has 0 radical (unpaired) electrons. The zero-order chi connectivity index (χ0) is 21.7. The molecule has 8 N–H and O–H groups in total. The smallest absolute Gasteiger partial charge is 0.294 e. The minimum Gasteiger partial charge on any atom is -0.399 e. The molecule has 0 spiro atoms. The molecule has 15 heteroatoms. The van der Waals surface area contributed by atoms with E-state index in [4.69, 9.17) is 16.7 Å². The van der Waals surface area contributed by atoms with Crippen molar-refractivity contribution in [1.29, 1.82) is 0 Å². The van der Waals surface area contributed by atoms with Gasteiger partial charge >= 0.3 is 0 Å². The van der Waals surface area contributed by atoms with E-state index in [0.29, 0.717) is 23.4 Å². The normalized spacial score (nSPS) is 11.3. The minimum absolute atomic E-state index is 0.0480. The maximum absolute atomic E-state index is 11.4. The van der Waals surface area contributed by atoms with Gasteiger partial charge in [-0.3, -0.25) is 4.55 Å². The van der Waals surface area contributed by atoms with E-state index < -0.39 is 15.0 Å². The Balaban J connectivity index is 1.93. The van der Waals surface area contributed by atoms with E-state index in [1.807, 2.05) is 0 Å². The summed E-state index contributed by atoms with van der Waals surface area (Å²) >= 11 is 0.555. The highest BCUT2D eigenvalue weighted by molar-refractivity contribution is 7.94. The van der Waals surface area contributed by atoms with Crippen LogP contribution >= 0.6 is 12.0 Å². The first-order valence-corrected chi connectivity index (χ1v) is 10.1. The second-order valence-corrected chi connectivity index (χ2v) is 7.74. The summed E-state index contributed by atoms with van der Waals surface area (Å²) in [4.78, 5) is 11.9. The van der Waals surface area contributed by atoms with E-state index in [0.717, 1.165) is 12.1 Å². The zero-order valence-electron chi connectivity index (χ0n) is 14.9. The number of hydrogen-bond donors (Lipinski definition) is 6. The molecule has 0 aliphatic carbocycles. The quantitative estimate of drug-likeness (QED) is 0.0950. The molecule has 1 aromatic heterocycles. The molecule has 0 amide bonds. The summed E-state index contributed by atoms with van der Waals surface area (Å²) in [6, 6.07) is 10.4. The predicted molar refractivity (Wildman–Crippen MR) is 109 cm³/mol. The van der Waals surface area contributed by atoms with Crippen LogP contribution in [-0.2, 0) is 19.5 Å². The highest BCUT2D eigenvalue weighted by Gasteiger charge is 2.16. The van der Waals surface area contributed by atoms with Crippen LogP contribution in [0.4, 0.5) is 34.9 Å². The van der Waals surface area contributed by atoms with Gasteiger partial charge in [-0.25, -0.2) is 5.26 Å². The fraction of sp³-hybridized carbons (Fsp3) is 0. The topological polar surface area (TPSA) is 208 Å². The Morgan fingerprint density at radius 3 is 2.40 bits per heavy atom. The molecule has 30 heavy (non-hydrogen) atoms. The number of nitrogens with one attached hydrogen (secondary N) is 2. The Hall–Kier alpha value is -3.21. The van der Waals surface area contributed by atoms with Crippen molar-refractivity contribution >= 4 is 57.1 Å². The standard InChI is InChI=1S/C15H15N7O6S2/c16-8-2-1-3-9(6-8)18-14-20-13(17)21-15(22-14)19-11-7-10(30(24,25)26)4-5-12(11)29-28-27-23/h1-7,23H,16H2,(H,24,25,26)(H4,17,18,19,20,21,22). The van der Waals surface area contributed by atoms with Gasteiger partial charge in [-0.1, -0.05) is 11.1 Å². The summed E-state index contributed by atoms with van der Waals surface area (Å²) in [5, 5.41) is 17.6. The SMILES string of the molecule is Nc1cccc(Nc2nc(N)nc(Nc3cc(S(=O)(=O)O)ccc3SOOO)n2)c1. The predicted octanol–water partition coefficient (Wildman–Crippen LogP) is 2.20. The van der Waals surface area contributed by atoms with Crippen molar-refractivity contribution in [1.82, 2.24) is 15.0 Å². The molecule has 0 fully saturated rings. The Bertz CT molecular complexity index is 1160. The second-order valence-electron chi connectivity index (χ2n) is 5.58. The van der Waals surface area contributed by atoms with Crippen LogP contribution in [0, 0.1) is 0 Å². The van der Waals surface area contributed by atoms with Crippen LogP contribution in [0.25, 0.3) is 0 Å². The third-order valence-electron chi connectivity index (χ3n) is 3.45. The number of nitrogens with zero attached hydrogens (tertiary/aromatic N) is 3. The number of nitrogen functional groups attached to an aromatic ring is 2. The van der Waals surface area contributed by atoms with Crippen molar-refractivity contribution < 1.29 is 27.6 Å². The largest absolute Gasteiger partial charge is 0.399 e. The van der Waals surface area contributed by atoms with Gasteiger partial charge in [0.25, 0.3) is 10.1 Å². The number of anilines is 6. The van der Waals surface area contributed by atoms with Gasteiger partial charge in [0.15, 0.2) is 0 Å². The Kier molecular flexibility index (Phi) is 6.50. The monoisotopic (exact) mass is 453 g/mol. The van der Waals surface area contributed by atoms with Gasteiger partial charge in [-0.15, -0.1) is 4.33 Å². The Morgan fingerprint density at radius 1 is 1.00 bits per heavy atom. The molecule has 158 valence electrons. The molecule has 0 atom stereocenters. The average molecular weight is 453 g/mol. The van der Waals surface area contributed by atoms with Crippen molar-refractivity contribution in [2.45, 2.75) is 9.79 Å². The molecular weight excluding hydrogens is 438 g/mol. The van der Waals surface area contributed by atoms with Crippen molar-refractivity contribution in [3.63, 3.8) is 0 Å². The lowest BCUT2D eigenvalue weighted by Crippen LogP contribution is -2.08. The van der Waals surface area contributed by atoms with Gasteiger partial charge in [0, 0.05) is 11.4 Å². The van der Waals surface area contributed by atoms with Crippen molar-refractivity contribution in [2.24, 2.45) is 0 Å². The average Bonchev–Trinajstić information content (AvgIpc) is 2.66. The van der Waals surface area contributed by atoms with Crippen LogP contribution in [0.1, 0.15) is 0 Å². The molecule has 0 aliphatic heterocycles. The molecule has 0 saturated carbocycles. The minimum atomic E-state index is -4.49. The van der Waals surface area contributed by atoms with Gasteiger partial charge in [-0.2, -0.15) is 23.4 Å². The van der Waals surface area contributed by atoms with Gasteiger partial charge in [0.05, 0.1) is 27.5 Å². The lowest BCUT2D eigenvalue weighted by atomic mass is 10.3. The Morgan fingerprint density at radius 2 is 1.73 bits per heavy atom. The van der Waals surface area contributed by atoms with E-state index in [-0.39, 0.29) is 28.4 Å². The van der Waals surface area contributed by atoms with Crippen molar-refractivity contribution in [2.75, 3.05) is 22.1 Å². The maximum Gasteiger partial charge on any atom is 0.294 e. The van der Waals surface area contributed by atoms with Gasteiger partial charge in [-0.05, 0) is 36.4 Å². The van der Waals surface area contributed by atoms with E-state index in [1.54, 1.807) is 24.3 Å². The number of aromatic nitrogens is 3. The van der Waals surface area contributed by atoms with Crippen molar-refractivity contribution in [3.05, 3.63) is 42.5 Å². The molecule has 0 saturated heterocycles. The first-order chi connectivity index (χ1) is 14.2. The summed E-state index contributed by atoms with van der Waals surface area (Å²) in [5.74, 6) is -0.0900. The number of hydrogen-bond acceptors (Lipinski definition) is 13. The first-order valence-electron chi connectivity index (χ1n) is 7.92. The highest BCUT2D eigenvalue weighted by atomic mass is 32.2. The molecule has 1 heterocycles. The summed E-state index contributed by atoms with van der Waals surface area (Å²) < 4.78 is 36.6. The van der Waals surface area contributed by atoms with E-state index in [9.17, 15) is 13.0 Å². The number of nitrogens with two attached hydrogens (primary N) is 2. The molecule has 0 bridgehead atoms. The van der Waals surface area contributed by atoms with Crippen LogP contribution in [0.15, 0.2) is 52.3 Å². The van der Waals surface area contributed by atoms with E-state index >= 15 is 0 Å². The zero-order valence-corrected chi connectivity index (χ0v) is 16.5. The summed E-state index contributed by atoms with van der Waals surface area (Å²) in [6.45, 7) is 0. The van der Waals surface area contributed by atoms with E-state index in [2.05, 4.69) is 35.0 Å². The van der Waals surface area contributed by atoms with Crippen LogP contribution in [0.5, 0.6) is 0 Å². The van der Waals surface area contributed by atoms with Crippen LogP contribution in [0.3, 0.4) is 0 Å². The van der Waals surface area contributed by atoms with Crippen LogP contribution < -0.4 is 22.1 Å². The maximum atomic E-state index is 11.4. The van der Waals surface area contributed by atoms with Gasteiger partial charge in [0.2, 0.25) is 17.8 Å². The fourth-order valence-electron chi connectivity index (χ4n) is 2.26. The molecule has 0 aliphatic rings. The lowest BCUT2D eigenvalue weighted by Gasteiger charge is -2.12. The van der Waals surface area contributed by atoms with Gasteiger partial charge < -0.3 is 22.1 Å². The molecule has 13 nitrogen and oxygen atoms in total. The lowest BCUT2D eigenvalue weighted by molar-refractivity contribution is -0.432. The number of benzene rings is 2. The molecule has 3 rings (SSSR count). The van der Waals surface area contributed by atoms with Gasteiger partial charge in [0.1, 0.15) is 0 Å². The number of rotatable bonds is 8. The summed E-state index contributed by atoms with van der Waals surface area (Å²) in [6.07, 6.45) is 0. The first kappa shape index (κ1) is 21.5. The second kappa shape index (κ2) is 9.08. The molecule has 0 unspecified atom stereocenters. The third kappa shape index (κ3) is 5.66. The van der Waals surface area contributed by atoms with Crippen molar-refractivity contribution in [3.8, 4) is 0 Å².